The summed E-state index contributed by atoms with van der Waals surface area (Å²) in [7, 11) is 2.98. The third-order valence-corrected chi connectivity index (χ3v) is 6.13. The van der Waals surface area contributed by atoms with Gasteiger partial charge in [0.1, 0.15) is 17.7 Å². The number of para-hydroxylation sites is 1. The summed E-state index contributed by atoms with van der Waals surface area (Å²) in [5, 5.41) is 18.2. The average Bonchev–Trinajstić information content (AvgIpc) is 3.59. The van der Waals surface area contributed by atoms with Crippen LogP contribution in [0.2, 0.25) is 0 Å². The first-order valence-electron chi connectivity index (χ1n) is 11.7. The summed E-state index contributed by atoms with van der Waals surface area (Å²) in [6, 6.07) is 12.2. The Labute approximate surface area is 217 Å². The van der Waals surface area contributed by atoms with Gasteiger partial charge in [0.25, 0.3) is 5.91 Å². The summed E-state index contributed by atoms with van der Waals surface area (Å²) in [4.78, 5) is 18.2. The molecule has 0 saturated heterocycles. The molecule has 2 aliphatic heterocycles. The summed E-state index contributed by atoms with van der Waals surface area (Å²) >= 11 is 0. The van der Waals surface area contributed by atoms with Gasteiger partial charge in [-0.25, -0.2) is 9.82 Å². The second kappa shape index (κ2) is 10.7. The van der Waals surface area contributed by atoms with E-state index in [-0.39, 0.29) is 30.0 Å². The molecule has 0 fully saturated rings. The van der Waals surface area contributed by atoms with Crippen LogP contribution in [0.3, 0.4) is 0 Å². The number of hydrogen-bond acceptors (Lipinski definition) is 9. The van der Waals surface area contributed by atoms with Crippen molar-refractivity contribution in [1.82, 2.24) is 5.43 Å². The molecule has 11 heteroatoms. The third kappa shape index (κ3) is 4.77. The zero-order valence-corrected chi connectivity index (χ0v) is 20.6. The highest BCUT2D eigenvalue weighted by molar-refractivity contribution is 6.01. The maximum absolute atomic E-state index is 13.3. The molecule has 3 aromatic carbocycles. The Morgan fingerprint density at radius 2 is 1.84 bits per heavy atom. The van der Waals surface area contributed by atoms with Crippen molar-refractivity contribution in [3.63, 3.8) is 0 Å². The number of oxime groups is 1. The SMILES string of the molecule is COc1c(/C=N\NC(=O)c2ccccc2O)c(C[C@@H]2CC(c3ccc(F)cc3)=NO2)c(OC)c2c1OCO2. The van der Waals surface area contributed by atoms with E-state index in [4.69, 9.17) is 23.8 Å². The maximum atomic E-state index is 13.3. The molecule has 38 heavy (non-hydrogen) atoms. The maximum Gasteiger partial charge on any atom is 0.275 e. The molecule has 1 atom stereocenters. The Kier molecular flexibility index (Phi) is 6.98. The number of nitrogens with one attached hydrogen (secondary N) is 1. The molecular formula is C27H24FN3O7. The molecule has 3 aromatic rings. The van der Waals surface area contributed by atoms with Gasteiger partial charge in [0.05, 0.1) is 31.7 Å². The quantitative estimate of drug-likeness (QED) is 0.342. The van der Waals surface area contributed by atoms with Crippen LogP contribution in [-0.4, -0.2) is 50.1 Å². The fraction of sp³-hybridized carbons (Fsp3) is 0.222. The number of methoxy groups -OCH3 is 2. The van der Waals surface area contributed by atoms with E-state index >= 15 is 0 Å². The number of amides is 1. The van der Waals surface area contributed by atoms with Crippen molar-refractivity contribution in [3.8, 4) is 28.7 Å². The van der Waals surface area contributed by atoms with E-state index in [1.165, 1.54) is 44.7 Å². The lowest BCUT2D eigenvalue weighted by molar-refractivity contribution is 0.0852. The lowest BCUT2D eigenvalue weighted by Gasteiger charge is -2.19. The van der Waals surface area contributed by atoms with Crippen LogP contribution in [0.4, 0.5) is 4.39 Å². The molecule has 2 N–H and O–H groups in total. The standard InChI is InChI=1S/C27H24FN3O7/c1-34-23-19(11-17-12-21(31-38-17)15-7-9-16(28)10-8-15)20(24(35-2)26-25(23)36-14-37-26)13-29-30-27(33)18-5-3-4-6-22(18)32/h3-10,13,17,32H,11-12,14H2,1-2H3,(H,30,33)/b29-13-/t17-/m1/s1. The smallest absolute Gasteiger partial charge is 0.275 e. The van der Waals surface area contributed by atoms with Crippen LogP contribution >= 0.6 is 0 Å². The molecule has 0 aliphatic carbocycles. The highest BCUT2D eigenvalue weighted by atomic mass is 19.1. The number of benzene rings is 3. The molecule has 0 spiro atoms. The Balaban J connectivity index is 1.45. The second-order valence-corrected chi connectivity index (χ2v) is 8.42. The zero-order valence-electron chi connectivity index (χ0n) is 20.6. The number of nitrogens with zero attached hydrogens (tertiary/aromatic N) is 2. The summed E-state index contributed by atoms with van der Waals surface area (Å²) in [5.74, 6) is 0.379. The number of halogens is 1. The number of hydrazone groups is 1. The van der Waals surface area contributed by atoms with Gasteiger partial charge in [-0.15, -0.1) is 0 Å². The molecule has 10 nitrogen and oxygen atoms in total. The Morgan fingerprint density at radius 3 is 2.55 bits per heavy atom. The van der Waals surface area contributed by atoms with Gasteiger partial charge >= 0.3 is 0 Å². The minimum Gasteiger partial charge on any atom is -0.507 e. The molecular weight excluding hydrogens is 497 g/mol. The normalized spacial score (nSPS) is 15.8. The van der Waals surface area contributed by atoms with E-state index in [0.29, 0.717) is 52.7 Å². The largest absolute Gasteiger partial charge is 0.507 e. The van der Waals surface area contributed by atoms with Crippen molar-refractivity contribution in [1.29, 1.82) is 0 Å². The van der Waals surface area contributed by atoms with Gasteiger partial charge in [0.2, 0.25) is 18.3 Å². The van der Waals surface area contributed by atoms with E-state index < -0.39 is 5.91 Å². The van der Waals surface area contributed by atoms with Gasteiger partial charge in [-0.05, 0) is 29.8 Å². The van der Waals surface area contributed by atoms with Crippen LogP contribution in [0.5, 0.6) is 28.7 Å². The number of phenols is 1. The fourth-order valence-corrected chi connectivity index (χ4v) is 4.35. The first-order valence-corrected chi connectivity index (χ1v) is 11.7. The van der Waals surface area contributed by atoms with Crippen molar-refractivity contribution in [2.45, 2.75) is 18.9 Å². The highest BCUT2D eigenvalue weighted by Gasteiger charge is 2.33. The van der Waals surface area contributed by atoms with Gasteiger partial charge in [0, 0.05) is 24.0 Å². The Bertz CT molecular complexity index is 1420. The van der Waals surface area contributed by atoms with Gasteiger partial charge in [-0.3, -0.25) is 4.79 Å². The molecule has 2 aliphatic rings. The number of fused-ring (bicyclic) bond motifs is 1. The molecule has 5 rings (SSSR count). The summed E-state index contributed by atoms with van der Waals surface area (Å²) < 4.78 is 36.0. The van der Waals surface area contributed by atoms with Crippen molar-refractivity contribution < 1.29 is 38.1 Å². The number of aromatic hydroxyl groups is 1. The summed E-state index contributed by atoms with van der Waals surface area (Å²) in [5.41, 5.74) is 5.05. The van der Waals surface area contributed by atoms with Gasteiger partial charge in [-0.1, -0.05) is 29.4 Å². The zero-order chi connectivity index (χ0) is 26.6. The second-order valence-electron chi connectivity index (χ2n) is 8.42. The predicted octanol–water partition coefficient (Wildman–Crippen LogP) is 3.78. The number of hydrogen-bond donors (Lipinski definition) is 2. The lowest BCUT2D eigenvalue weighted by Crippen LogP contribution is -2.18. The lowest BCUT2D eigenvalue weighted by atomic mass is 9.95. The number of ether oxygens (including phenoxy) is 4. The van der Waals surface area contributed by atoms with Crippen LogP contribution in [0.1, 0.15) is 33.5 Å². The fourth-order valence-electron chi connectivity index (χ4n) is 4.35. The van der Waals surface area contributed by atoms with Crippen LogP contribution < -0.4 is 24.4 Å². The van der Waals surface area contributed by atoms with E-state index in [2.05, 4.69) is 15.7 Å². The van der Waals surface area contributed by atoms with Crippen LogP contribution in [0.25, 0.3) is 0 Å². The number of phenolic OH excluding ortho intramolecular Hbond substituents is 1. The minimum atomic E-state index is -0.593. The molecule has 2 heterocycles. The van der Waals surface area contributed by atoms with Gasteiger partial charge in [0.15, 0.2) is 11.5 Å². The molecule has 196 valence electrons. The molecule has 1 amide bonds. The number of carbonyl (C=O) groups excluding carboxylic acids is 1. The van der Waals surface area contributed by atoms with Crippen LogP contribution in [-0.2, 0) is 11.3 Å². The van der Waals surface area contributed by atoms with Crippen molar-refractivity contribution >= 4 is 17.8 Å². The topological polar surface area (TPSA) is 120 Å². The molecule has 0 bridgehead atoms. The molecule has 0 saturated carbocycles. The third-order valence-electron chi connectivity index (χ3n) is 6.13. The van der Waals surface area contributed by atoms with Gasteiger partial charge in [-0.2, -0.15) is 5.10 Å². The first-order chi connectivity index (χ1) is 18.5. The van der Waals surface area contributed by atoms with Crippen molar-refractivity contribution in [2.75, 3.05) is 21.0 Å². The minimum absolute atomic E-state index is 0.0239. The average molecular weight is 522 g/mol. The molecule has 0 unspecified atom stereocenters. The number of rotatable bonds is 8. The van der Waals surface area contributed by atoms with E-state index in [1.807, 2.05) is 0 Å². The van der Waals surface area contributed by atoms with E-state index in [0.717, 1.165) is 5.56 Å². The Hall–Kier alpha value is -4.80. The highest BCUT2D eigenvalue weighted by Crippen LogP contribution is 2.52. The molecule has 0 radical (unpaired) electrons. The Morgan fingerprint density at radius 1 is 1.13 bits per heavy atom. The molecule has 0 aromatic heterocycles. The van der Waals surface area contributed by atoms with E-state index in [9.17, 15) is 14.3 Å². The number of carbonyl (C=O) groups is 1. The first kappa shape index (κ1) is 24.9. The summed E-state index contributed by atoms with van der Waals surface area (Å²) in [6.07, 6.45) is 1.82. The van der Waals surface area contributed by atoms with Crippen LogP contribution in [0.15, 0.2) is 58.8 Å². The van der Waals surface area contributed by atoms with Crippen molar-refractivity contribution in [3.05, 3.63) is 76.6 Å². The predicted molar refractivity (Wildman–Crippen MR) is 135 cm³/mol. The van der Waals surface area contributed by atoms with Crippen molar-refractivity contribution in [2.24, 2.45) is 10.3 Å². The van der Waals surface area contributed by atoms with Crippen LogP contribution in [0, 0.1) is 5.82 Å². The summed E-state index contributed by atoms with van der Waals surface area (Å²) in [6.45, 7) is -0.0239. The van der Waals surface area contributed by atoms with Gasteiger partial charge < -0.3 is 28.9 Å². The monoisotopic (exact) mass is 521 g/mol. The van der Waals surface area contributed by atoms with E-state index in [1.54, 1.807) is 24.3 Å².